The lowest BCUT2D eigenvalue weighted by molar-refractivity contribution is 0.240. The van der Waals surface area contributed by atoms with E-state index in [0.717, 1.165) is 46.8 Å². The Bertz CT molecular complexity index is 1260. The van der Waals surface area contributed by atoms with Crippen molar-refractivity contribution in [3.63, 3.8) is 0 Å². The van der Waals surface area contributed by atoms with E-state index in [-0.39, 0.29) is 5.56 Å². The molecule has 0 aliphatic carbocycles. The van der Waals surface area contributed by atoms with Crippen LogP contribution in [0.15, 0.2) is 53.5 Å². The van der Waals surface area contributed by atoms with E-state index in [4.69, 9.17) is 21.6 Å². The van der Waals surface area contributed by atoms with Crippen LogP contribution in [0.3, 0.4) is 0 Å². The molecule has 1 aliphatic rings. The average Bonchev–Trinajstić information content (AvgIpc) is 3.04. The van der Waals surface area contributed by atoms with Gasteiger partial charge in [0.1, 0.15) is 11.6 Å². The summed E-state index contributed by atoms with van der Waals surface area (Å²) in [5, 5.41) is 0.659. The van der Waals surface area contributed by atoms with Crippen molar-refractivity contribution in [3.8, 4) is 11.4 Å². The molecule has 5 rings (SSSR count). The first-order valence-electron chi connectivity index (χ1n) is 9.61. The topological polar surface area (TPSA) is 66.3 Å². The number of fused-ring (bicyclic) bond motifs is 2. The lowest BCUT2D eigenvalue weighted by atomic mass is 10.1. The maximum atomic E-state index is 12.8. The Morgan fingerprint density at radius 1 is 1.14 bits per heavy atom. The van der Waals surface area contributed by atoms with E-state index in [1.165, 1.54) is 0 Å². The van der Waals surface area contributed by atoms with Gasteiger partial charge in [-0.15, -0.1) is 0 Å². The van der Waals surface area contributed by atoms with Crippen LogP contribution < -0.4 is 5.56 Å². The molecule has 1 aliphatic heterocycles. The zero-order valence-electron chi connectivity index (χ0n) is 16.0. The number of hydrogen-bond acceptors (Lipinski definition) is 4. The lowest BCUT2D eigenvalue weighted by Gasteiger charge is -2.27. The fourth-order valence-electron chi connectivity index (χ4n) is 3.96. The Kier molecular flexibility index (Phi) is 4.45. The first kappa shape index (κ1) is 18.1. The van der Waals surface area contributed by atoms with Crippen LogP contribution in [0.2, 0.25) is 5.02 Å². The second-order valence-corrected chi connectivity index (χ2v) is 7.81. The number of hydrogen-bond donors (Lipinski definition) is 1. The van der Waals surface area contributed by atoms with E-state index in [1.807, 2.05) is 37.4 Å². The van der Waals surface area contributed by atoms with Crippen molar-refractivity contribution < 1.29 is 0 Å². The number of benzene rings is 1. The van der Waals surface area contributed by atoms with Crippen molar-refractivity contribution in [2.75, 3.05) is 6.54 Å². The minimum Gasteiger partial charge on any atom is -0.306 e. The molecule has 6 nitrogen and oxygen atoms in total. The van der Waals surface area contributed by atoms with Gasteiger partial charge in [-0.05, 0) is 43.3 Å². The van der Waals surface area contributed by atoms with Crippen LogP contribution >= 0.6 is 11.6 Å². The molecule has 0 amide bonds. The summed E-state index contributed by atoms with van der Waals surface area (Å²) in [7, 11) is 0. The molecule has 0 bridgehead atoms. The Balaban J connectivity index is 1.42. The average molecular weight is 406 g/mol. The zero-order chi connectivity index (χ0) is 20.0. The summed E-state index contributed by atoms with van der Waals surface area (Å²) >= 11 is 5.96. The van der Waals surface area contributed by atoms with Crippen molar-refractivity contribution in [1.29, 1.82) is 0 Å². The molecule has 0 spiro atoms. The van der Waals surface area contributed by atoms with Crippen LogP contribution in [-0.2, 0) is 19.5 Å². The predicted octanol–water partition coefficient (Wildman–Crippen LogP) is 3.60. The first-order valence-corrected chi connectivity index (χ1v) is 9.99. The molecule has 0 saturated heterocycles. The van der Waals surface area contributed by atoms with Gasteiger partial charge in [0.2, 0.25) is 0 Å². The molecule has 0 saturated carbocycles. The summed E-state index contributed by atoms with van der Waals surface area (Å²) in [5.41, 5.74) is 4.55. The first-order chi connectivity index (χ1) is 14.1. The van der Waals surface area contributed by atoms with E-state index >= 15 is 0 Å². The molecule has 29 heavy (non-hydrogen) atoms. The highest BCUT2D eigenvalue weighted by atomic mass is 35.5. The number of H-pyrrole nitrogens is 1. The fraction of sp³-hybridized carbons (Fsp3) is 0.227. The van der Waals surface area contributed by atoms with Gasteiger partial charge in [0, 0.05) is 42.8 Å². The Morgan fingerprint density at radius 3 is 2.79 bits per heavy atom. The van der Waals surface area contributed by atoms with Crippen LogP contribution in [-0.4, -0.2) is 30.8 Å². The van der Waals surface area contributed by atoms with Gasteiger partial charge < -0.3 is 9.38 Å². The van der Waals surface area contributed by atoms with E-state index < -0.39 is 0 Å². The predicted molar refractivity (Wildman–Crippen MR) is 113 cm³/mol. The van der Waals surface area contributed by atoms with Gasteiger partial charge in [0.25, 0.3) is 5.56 Å². The van der Waals surface area contributed by atoms with E-state index in [9.17, 15) is 4.79 Å². The Morgan fingerprint density at radius 2 is 1.97 bits per heavy atom. The van der Waals surface area contributed by atoms with Gasteiger partial charge in [-0.2, -0.15) is 0 Å². The van der Waals surface area contributed by atoms with Gasteiger partial charge in [0.15, 0.2) is 0 Å². The molecule has 4 aromatic rings. The second kappa shape index (κ2) is 7.13. The van der Waals surface area contributed by atoms with Crippen molar-refractivity contribution in [2.24, 2.45) is 0 Å². The number of nitrogens with zero attached hydrogens (tertiary/aromatic N) is 4. The number of nitrogens with one attached hydrogen (secondary N) is 1. The summed E-state index contributed by atoms with van der Waals surface area (Å²) in [5.74, 6) is 1.56. The van der Waals surface area contributed by atoms with Gasteiger partial charge >= 0.3 is 0 Å². The molecule has 1 N–H and O–H groups in total. The van der Waals surface area contributed by atoms with E-state index in [2.05, 4.69) is 20.4 Å². The van der Waals surface area contributed by atoms with Crippen LogP contribution in [0.25, 0.3) is 16.9 Å². The summed E-state index contributed by atoms with van der Waals surface area (Å²) in [6.07, 6.45) is 2.77. The van der Waals surface area contributed by atoms with Gasteiger partial charge in [0.05, 0.1) is 22.5 Å². The fourth-order valence-corrected chi connectivity index (χ4v) is 4.08. The molecule has 0 fully saturated rings. The molecule has 0 radical (unpaired) electrons. The van der Waals surface area contributed by atoms with Gasteiger partial charge in [-0.1, -0.05) is 17.7 Å². The molecule has 4 heterocycles. The van der Waals surface area contributed by atoms with Crippen LogP contribution in [0.1, 0.15) is 22.8 Å². The number of imidazole rings is 1. The third-order valence-corrected chi connectivity index (χ3v) is 5.69. The largest absolute Gasteiger partial charge is 0.306 e. The lowest BCUT2D eigenvalue weighted by Crippen LogP contribution is -2.35. The van der Waals surface area contributed by atoms with Crippen molar-refractivity contribution in [1.82, 2.24) is 24.3 Å². The minimum atomic E-state index is -0.0736. The minimum absolute atomic E-state index is 0.0736. The Labute approximate surface area is 172 Å². The number of rotatable bonds is 3. The van der Waals surface area contributed by atoms with Crippen LogP contribution in [0.4, 0.5) is 0 Å². The molecule has 0 atom stereocenters. The van der Waals surface area contributed by atoms with E-state index in [1.54, 1.807) is 12.1 Å². The van der Waals surface area contributed by atoms with Crippen LogP contribution in [0.5, 0.6) is 0 Å². The molecule has 3 aromatic heterocycles. The van der Waals surface area contributed by atoms with E-state index in [0.29, 0.717) is 23.9 Å². The highest BCUT2D eigenvalue weighted by molar-refractivity contribution is 6.30. The molecule has 0 unspecified atom stereocenters. The maximum Gasteiger partial charge on any atom is 0.255 e. The second-order valence-electron chi connectivity index (χ2n) is 7.37. The standard InChI is InChI=1S/C22H20ClN5O/c1-14-24-19(20-4-2-3-10-28(14)20)13-27-11-9-18-17(12-27)22(29)26-21(25-18)15-5-7-16(23)8-6-15/h2-8,10H,9,11-13H2,1H3,(H,25,26,29). The van der Waals surface area contributed by atoms with Gasteiger partial charge in [-0.3, -0.25) is 9.69 Å². The summed E-state index contributed by atoms with van der Waals surface area (Å²) in [4.78, 5) is 27.4. The summed E-state index contributed by atoms with van der Waals surface area (Å²) in [6.45, 7) is 4.13. The number of aromatic amines is 1. The highest BCUT2D eigenvalue weighted by Gasteiger charge is 2.23. The molecule has 1 aromatic carbocycles. The smallest absolute Gasteiger partial charge is 0.255 e. The number of aryl methyl sites for hydroxylation is 1. The molecule has 146 valence electrons. The zero-order valence-corrected chi connectivity index (χ0v) is 16.8. The normalized spacial score (nSPS) is 14.3. The quantitative estimate of drug-likeness (QED) is 0.565. The van der Waals surface area contributed by atoms with Gasteiger partial charge in [-0.25, -0.2) is 9.97 Å². The highest BCUT2D eigenvalue weighted by Crippen LogP contribution is 2.22. The number of halogens is 1. The SMILES string of the molecule is Cc1nc(CN2CCc3nc(-c4ccc(Cl)cc4)[nH]c(=O)c3C2)c2ccccn12. The van der Waals surface area contributed by atoms with Crippen LogP contribution in [0, 0.1) is 6.92 Å². The third kappa shape index (κ3) is 3.34. The Hall–Kier alpha value is -2.96. The van der Waals surface area contributed by atoms with Crippen molar-refractivity contribution >= 4 is 17.1 Å². The maximum absolute atomic E-state index is 12.8. The third-order valence-electron chi connectivity index (χ3n) is 5.44. The summed E-state index contributed by atoms with van der Waals surface area (Å²) in [6, 6.07) is 13.5. The molecule has 7 heteroatoms. The monoisotopic (exact) mass is 405 g/mol. The summed E-state index contributed by atoms with van der Waals surface area (Å²) < 4.78 is 2.10. The number of pyridine rings is 1. The van der Waals surface area contributed by atoms with Crippen molar-refractivity contribution in [2.45, 2.75) is 26.4 Å². The number of aromatic nitrogens is 4. The molecular weight excluding hydrogens is 386 g/mol. The molecular formula is C22H20ClN5O. The van der Waals surface area contributed by atoms with Crippen molar-refractivity contribution in [3.05, 3.63) is 86.8 Å².